The van der Waals surface area contributed by atoms with Crippen LogP contribution in [0.5, 0.6) is 0 Å². The summed E-state index contributed by atoms with van der Waals surface area (Å²) >= 11 is 5.74. The Bertz CT molecular complexity index is 478. The highest BCUT2D eigenvalue weighted by molar-refractivity contribution is 6.33. The summed E-state index contributed by atoms with van der Waals surface area (Å²) in [6.07, 6.45) is -5.07. The van der Waals surface area contributed by atoms with Crippen LogP contribution in [0.2, 0.25) is 5.02 Å². The van der Waals surface area contributed by atoms with Gasteiger partial charge in [0.15, 0.2) is 6.54 Å². The van der Waals surface area contributed by atoms with Crippen molar-refractivity contribution in [2.24, 2.45) is 0 Å². The van der Waals surface area contributed by atoms with Crippen LogP contribution in [0.1, 0.15) is 12.5 Å². The quantitative estimate of drug-likeness (QED) is 0.766. The number of benzene rings is 1. The van der Waals surface area contributed by atoms with Gasteiger partial charge >= 0.3 is 6.18 Å². The number of rotatable bonds is 5. The number of amides is 1. The molecule has 0 aromatic heterocycles. The van der Waals surface area contributed by atoms with Crippen LogP contribution in [0.4, 0.5) is 18.9 Å². The molecule has 1 aromatic carbocycles. The van der Waals surface area contributed by atoms with Gasteiger partial charge in [-0.2, -0.15) is 13.2 Å². The van der Waals surface area contributed by atoms with E-state index in [1.807, 2.05) is 0 Å². The first-order valence-corrected chi connectivity index (χ1v) is 6.24. The molecule has 0 saturated carbocycles. The minimum atomic E-state index is -4.50. The standard InChI is InChI=1S/C12H14ClF3N2O2/c1-7(19)5-17-6-11(20)18-10-4-8(12(14,15)16)2-3-9(10)13/h2-4,7,17,19H,5-6H2,1H3,(H,18,20)/p+1/t7-/m0/s1. The van der Waals surface area contributed by atoms with E-state index in [-0.39, 0.29) is 17.3 Å². The minimum absolute atomic E-state index is 0.0164. The van der Waals surface area contributed by atoms with Gasteiger partial charge in [-0.15, -0.1) is 0 Å². The Morgan fingerprint density at radius 3 is 2.70 bits per heavy atom. The number of alkyl halides is 3. The smallest absolute Gasteiger partial charge is 0.388 e. The van der Waals surface area contributed by atoms with E-state index in [1.165, 1.54) is 0 Å². The van der Waals surface area contributed by atoms with Crippen molar-refractivity contribution in [3.63, 3.8) is 0 Å². The van der Waals surface area contributed by atoms with Crippen molar-refractivity contribution >= 4 is 23.2 Å². The van der Waals surface area contributed by atoms with Crippen LogP contribution in [-0.4, -0.2) is 30.2 Å². The van der Waals surface area contributed by atoms with Crippen LogP contribution in [-0.2, 0) is 11.0 Å². The SMILES string of the molecule is C[C@H](O)C[NH2+]CC(=O)Nc1cc(C(F)(F)F)ccc1Cl. The second kappa shape index (κ2) is 6.92. The van der Waals surface area contributed by atoms with Crippen molar-refractivity contribution in [2.45, 2.75) is 19.2 Å². The second-order valence-electron chi connectivity index (χ2n) is 4.32. The van der Waals surface area contributed by atoms with Gasteiger partial charge in [-0.25, -0.2) is 0 Å². The van der Waals surface area contributed by atoms with Gasteiger partial charge in [-0.3, -0.25) is 4.79 Å². The first-order chi connectivity index (χ1) is 9.20. The molecule has 1 amide bonds. The lowest BCUT2D eigenvalue weighted by atomic mass is 10.2. The molecule has 0 spiro atoms. The third-order valence-corrected chi connectivity index (χ3v) is 2.73. The maximum absolute atomic E-state index is 12.5. The van der Waals surface area contributed by atoms with Gasteiger partial charge in [-0.05, 0) is 25.1 Å². The molecule has 0 unspecified atom stereocenters. The Hall–Kier alpha value is -1.31. The predicted molar refractivity (Wildman–Crippen MR) is 68.4 cm³/mol. The molecule has 1 atom stereocenters. The zero-order valence-corrected chi connectivity index (χ0v) is 11.4. The molecule has 1 aromatic rings. The second-order valence-corrected chi connectivity index (χ2v) is 4.73. The summed E-state index contributed by atoms with van der Waals surface area (Å²) < 4.78 is 37.6. The lowest BCUT2D eigenvalue weighted by molar-refractivity contribution is -0.649. The topological polar surface area (TPSA) is 65.9 Å². The summed E-state index contributed by atoms with van der Waals surface area (Å²) in [6, 6.07) is 2.71. The fraction of sp³-hybridized carbons (Fsp3) is 0.417. The molecule has 0 aliphatic heterocycles. The first kappa shape index (κ1) is 16.7. The fourth-order valence-electron chi connectivity index (χ4n) is 1.45. The number of carbonyl (C=O) groups is 1. The summed E-state index contributed by atoms with van der Waals surface area (Å²) in [5.41, 5.74) is -0.970. The highest BCUT2D eigenvalue weighted by Crippen LogP contribution is 2.33. The average molecular weight is 312 g/mol. The van der Waals surface area contributed by atoms with E-state index in [0.29, 0.717) is 6.54 Å². The van der Waals surface area contributed by atoms with Crippen molar-refractivity contribution in [3.05, 3.63) is 28.8 Å². The van der Waals surface area contributed by atoms with Crippen LogP contribution in [0, 0.1) is 0 Å². The number of carbonyl (C=O) groups excluding carboxylic acids is 1. The lowest BCUT2D eigenvalue weighted by Gasteiger charge is -2.11. The van der Waals surface area contributed by atoms with E-state index in [0.717, 1.165) is 18.2 Å². The number of anilines is 1. The summed E-state index contributed by atoms with van der Waals surface area (Å²) in [7, 11) is 0. The molecular formula is C12H15ClF3N2O2+. The molecule has 112 valence electrons. The highest BCUT2D eigenvalue weighted by atomic mass is 35.5. The Morgan fingerprint density at radius 1 is 1.50 bits per heavy atom. The molecule has 0 aliphatic carbocycles. The van der Waals surface area contributed by atoms with Gasteiger partial charge in [-0.1, -0.05) is 11.6 Å². The number of halogens is 4. The molecular weight excluding hydrogens is 297 g/mol. The molecule has 0 saturated heterocycles. The minimum Gasteiger partial charge on any atom is -0.388 e. The molecule has 0 heterocycles. The van der Waals surface area contributed by atoms with E-state index in [4.69, 9.17) is 16.7 Å². The van der Waals surface area contributed by atoms with Gasteiger partial charge < -0.3 is 15.7 Å². The largest absolute Gasteiger partial charge is 0.416 e. The van der Waals surface area contributed by atoms with Crippen LogP contribution in [0.3, 0.4) is 0 Å². The Morgan fingerprint density at radius 2 is 2.15 bits per heavy atom. The molecule has 4 nitrogen and oxygen atoms in total. The summed E-state index contributed by atoms with van der Waals surface area (Å²) in [5, 5.41) is 12.9. The van der Waals surface area contributed by atoms with Crippen LogP contribution < -0.4 is 10.6 Å². The number of quaternary nitrogens is 1. The molecule has 0 aliphatic rings. The van der Waals surface area contributed by atoms with Crippen LogP contribution >= 0.6 is 11.6 Å². The van der Waals surface area contributed by atoms with Crippen molar-refractivity contribution in [2.75, 3.05) is 18.4 Å². The molecule has 0 bridgehead atoms. The van der Waals surface area contributed by atoms with Gasteiger partial charge in [0.05, 0.1) is 22.4 Å². The van der Waals surface area contributed by atoms with E-state index in [2.05, 4.69) is 5.32 Å². The Kier molecular flexibility index (Phi) is 5.79. The zero-order chi connectivity index (χ0) is 15.3. The maximum atomic E-state index is 12.5. The Balaban J connectivity index is 2.69. The van der Waals surface area contributed by atoms with Crippen molar-refractivity contribution < 1.29 is 28.4 Å². The van der Waals surface area contributed by atoms with Gasteiger partial charge in [0.2, 0.25) is 0 Å². The summed E-state index contributed by atoms with van der Waals surface area (Å²) in [4.78, 5) is 11.5. The highest BCUT2D eigenvalue weighted by Gasteiger charge is 2.31. The van der Waals surface area contributed by atoms with Gasteiger partial charge in [0.25, 0.3) is 5.91 Å². The van der Waals surface area contributed by atoms with Crippen LogP contribution in [0.25, 0.3) is 0 Å². The molecule has 1 rings (SSSR count). The number of hydrogen-bond donors (Lipinski definition) is 3. The Labute approximate surface area is 118 Å². The summed E-state index contributed by atoms with van der Waals surface area (Å²) in [6.45, 7) is 1.87. The molecule has 0 fully saturated rings. The van der Waals surface area contributed by atoms with E-state index >= 15 is 0 Å². The monoisotopic (exact) mass is 311 g/mol. The van der Waals surface area contributed by atoms with Crippen LogP contribution in [0.15, 0.2) is 18.2 Å². The van der Waals surface area contributed by atoms with E-state index in [1.54, 1.807) is 12.2 Å². The average Bonchev–Trinajstić information content (AvgIpc) is 2.30. The van der Waals surface area contributed by atoms with E-state index in [9.17, 15) is 18.0 Å². The molecule has 0 radical (unpaired) electrons. The van der Waals surface area contributed by atoms with E-state index < -0.39 is 23.8 Å². The van der Waals surface area contributed by atoms with Gasteiger partial charge in [0.1, 0.15) is 6.54 Å². The van der Waals surface area contributed by atoms with Gasteiger partial charge in [0, 0.05) is 0 Å². The molecule has 8 heteroatoms. The number of nitrogens with one attached hydrogen (secondary N) is 1. The summed E-state index contributed by atoms with van der Waals surface area (Å²) in [5.74, 6) is -0.494. The van der Waals surface area contributed by atoms with Crippen molar-refractivity contribution in [1.82, 2.24) is 0 Å². The third kappa shape index (κ3) is 5.36. The third-order valence-electron chi connectivity index (χ3n) is 2.41. The van der Waals surface area contributed by atoms with Crippen molar-refractivity contribution in [3.8, 4) is 0 Å². The normalized spacial score (nSPS) is 13.1. The number of nitrogens with two attached hydrogens (primary N) is 1. The number of aliphatic hydroxyl groups excluding tert-OH is 1. The van der Waals surface area contributed by atoms with Crippen molar-refractivity contribution in [1.29, 1.82) is 0 Å². The first-order valence-electron chi connectivity index (χ1n) is 5.86. The zero-order valence-electron chi connectivity index (χ0n) is 10.7. The fourth-order valence-corrected chi connectivity index (χ4v) is 1.62. The number of hydrogen-bond acceptors (Lipinski definition) is 2. The molecule has 20 heavy (non-hydrogen) atoms. The number of aliphatic hydroxyl groups is 1. The lowest BCUT2D eigenvalue weighted by Crippen LogP contribution is -2.88. The predicted octanol–water partition coefficient (Wildman–Crippen LogP) is 1.24. The maximum Gasteiger partial charge on any atom is 0.416 e. The molecule has 4 N–H and O–H groups in total.